The molecule has 1 rings (SSSR count). The molecule has 1 aromatic rings. The van der Waals surface area contributed by atoms with Crippen LogP contribution in [0, 0.1) is 10.1 Å². The number of anilines is 1. The van der Waals surface area contributed by atoms with Crippen LogP contribution in [0.2, 0.25) is 5.02 Å². The Balaban J connectivity index is 3.47. The quantitative estimate of drug-likeness (QED) is 0.659. The van der Waals surface area contributed by atoms with Gasteiger partial charge >= 0.3 is 6.09 Å². The molecular weight excluding hydrogens is 260 g/mol. The number of rotatable bonds is 2. The molecule has 18 heavy (non-hydrogen) atoms. The molecule has 1 N–H and O–H groups in total. The van der Waals surface area contributed by atoms with E-state index < -0.39 is 16.6 Å². The fourth-order valence-corrected chi connectivity index (χ4v) is 1.75. The predicted octanol–water partition coefficient (Wildman–Crippen LogP) is 3.53. The molecule has 0 aliphatic heterocycles. The number of hydrogen-bond donors (Lipinski definition) is 1. The van der Waals surface area contributed by atoms with E-state index >= 15 is 0 Å². The van der Waals surface area contributed by atoms with E-state index in [4.69, 9.17) is 11.6 Å². The zero-order chi connectivity index (χ0) is 14.1. The molecule has 0 atom stereocenters. The normalized spacial score (nSPS) is 11.1. The summed E-state index contributed by atoms with van der Waals surface area (Å²) in [5.74, 6) is 0. The van der Waals surface area contributed by atoms with Gasteiger partial charge in [-0.15, -0.1) is 0 Å². The van der Waals surface area contributed by atoms with Gasteiger partial charge in [0.1, 0.15) is 5.69 Å². The van der Waals surface area contributed by atoms with E-state index in [-0.39, 0.29) is 16.4 Å². The average Bonchev–Trinajstić information content (AvgIpc) is 2.17. The molecular formula is C11H13ClN2O4. The fraction of sp³-hybridized carbons (Fsp3) is 0.364. The van der Waals surface area contributed by atoms with Gasteiger partial charge in [-0.05, 0) is 32.9 Å². The van der Waals surface area contributed by atoms with E-state index in [2.05, 4.69) is 0 Å². The van der Waals surface area contributed by atoms with Crippen molar-refractivity contribution in [2.75, 3.05) is 4.90 Å². The zero-order valence-electron chi connectivity index (χ0n) is 10.2. The summed E-state index contributed by atoms with van der Waals surface area (Å²) < 4.78 is 0. The summed E-state index contributed by atoms with van der Waals surface area (Å²) >= 11 is 5.69. The molecule has 1 aromatic carbocycles. The number of carboxylic acid groups (broad SMARTS) is 1. The second-order valence-corrected chi connectivity index (χ2v) is 5.12. The highest BCUT2D eigenvalue weighted by atomic mass is 35.5. The molecule has 0 saturated heterocycles. The molecule has 0 saturated carbocycles. The molecule has 0 unspecified atom stereocenters. The van der Waals surface area contributed by atoms with Crippen molar-refractivity contribution in [1.29, 1.82) is 0 Å². The van der Waals surface area contributed by atoms with Gasteiger partial charge in [-0.3, -0.25) is 15.0 Å². The summed E-state index contributed by atoms with van der Waals surface area (Å²) in [7, 11) is 0. The van der Waals surface area contributed by atoms with Crippen LogP contribution in [0.4, 0.5) is 16.2 Å². The highest BCUT2D eigenvalue weighted by Gasteiger charge is 2.33. The minimum absolute atomic E-state index is 0.00407. The van der Waals surface area contributed by atoms with Crippen molar-refractivity contribution in [3.63, 3.8) is 0 Å². The third-order valence-corrected chi connectivity index (χ3v) is 2.47. The Hall–Kier alpha value is -1.82. The Bertz CT molecular complexity index is 496. The van der Waals surface area contributed by atoms with E-state index in [1.165, 1.54) is 12.1 Å². The number of amides is 1. The van der Waals surface area contributed by atoms with Crippen molar-refractivity contribution in [2.24, 2.45) is 0 Å². The lowest BCUT2D eigenvalue weighted by Gasteiger charge is -2.32. The van der Waals surface area contributed by atoms with Gasteiger partial charge in [0.15, 0.2) is 0 Å². The molecule has 0 radical (unpaired) electrons. The minimum Gasteiger partial charge on any atom is -0.465 e. The van der Waals surface area contributed by atoms with Gasteiger partial charge in [-0.2, -0.15) is 0 Å². The van der Waals surface area contributed by atoms with Crippen molar-refractivity contribution < 1.29 is 14.8 Å². The van der Waals surface area contributed by atoms with E-state index in [1.807, 2.05) is 0 Å². The van der Waals surface area contributed by atoms with Crippen molar-refractivity contribution in [3.8, 4) is 0 Å². The van der Waals surface area contributed by atoms with Gasteiger partial charge in [-0.1, -0.05) is 11.6 Å². The summed E-state index contributed by atoms with van der Waals surface area (Å²) in [6, 6.07) is 3.89. The van der Waals surface area contributed by atoms with E-state index in [1.54, 1.807) is 20.8 Å². The number of benzene rings is 1. The highest BCUT2D eigenvalue weighted by molar-refractivity contribution is 6.31. The van der Waals surface area contributed by atoms with Crippen LogP contribution in [-0.4, -0.2) is 21.7 Å². The largest absolute Gasteiger partial charge is 0.465 e. The standard InChI is InChI=1S/C11H13ClN2O4/c1-11(2,3)13(10(15)16)8-5-4-7(12)6-9(8)14(17)18/h4-6H,1-3H3,(H,15,16). The van der Waals surface area contributed by atoms with Crippen LogP contribution in [0.25, 0.3) is 0 Å². The van der Waals surface area contributed by atoms with Crippen LogP contribution >= 0.6 is 11.6 Å². The summed E-state index contributed by atoms with van der Waals surface area (Å²) in [5.41, 5.74) is -1.13. The van der Waals surface area contributed by atoms with E-state index in [9.17, 15) is 20.0 Å². The van der Waals surface area contributed by atoms with E-state index in [0.29, 0.717) is 0 Å². The number of nitro groups is 1. The Morgan fingerprint density at radius 2 is 2.00 bits per heavy atom. The first kappa shape index (κ1) is 14.2. The number of hydrogen-bond acceptors (Lipinski definition) is 3. The lowest BCUT2D eigenvalue weighted by molar-refractivity contribution is -0.384. The Morgan fingerprint density at radius 3 is 2.39 bits per heavy atom. The number of halogens is 1. The Kier molecular flexibility index (Phi) is 3.81. The Labute approximate surface area is 109 Å². The van der Waals surface area contributed by atoms with Gasteiger partial charge in [0.2, 0.25) is 0 Å². The van der Waals surface area contributed by atoms with Gasteiger partial charge < -0.3 is 5.11 Å². The molecule has 1 amide bonds. The maximum atomic E-state index is 11.3. The van der Waals surface area contributed by atoms with Crippen molar-refractivity contribution in [3.05, 3.63) is 33.3 Å². The van der Waals surface area contributed by atoms with Crippen molar-refractivity contribution in [1.82, 2.24) is 0 Å². The number of carbonyl (C=O) groups is 1. The third-order valence-electron chi connectivity index (χ3n) is 2.24. The number of nitrogens with zero attached hydrogens (tertiary/aromatic N) is 2. The molecule has 7 heteroatoms. The van der Waals surface area contributed by atoms with Gasteiger partial charge in [0, 0.05) is 16.6 Å². The maximum Gasteiger partial charge on any atom is 0.412 e. The van der Waals surface area contributed by atoms with Crippen molar-refractivity contribution in [2.45, 2.75) is 26.3 Å². The molecule has 0 bridgehead atoms. The lowest BCUT2D eigenvalue weighted by Crippen LogP contribution is -2.45. The first-order valence-electron chi connectivity index (χ1n) is 5.11. The molecule has 0 aliphatic carbocycles. The predicted molar refractivity (Wildman–Crippen MR) is 68.4 cm³/mol. The molecule has 98 valence electrons. The summed E-state index contributed by atoms with van der Waals surface area (Å²) in [5, 5.41) is 20.3. The second kappa shape index (κ2) is 4.81. The van der Waals surface area contributed by atoms with Crippen LogP contribution in [0.1, 0.15) is 20.8 Å². The fourth-order valence-electron chi connectivity index (χ4n) is 1.58. The van der Waals surface area contributed by atoms with Crippen molar-refractivity contribution >= 4 is 29.1 Å². The van der Waals surface area contributed by atoms with E-state index in [0.717, 1.165) is 11.0 Å². The molecule has 0 aliphatic rings. The minimum atomic E-state index is -1.26. The van der Waals surface area contributed by atoms with Crippen LogP contribution in [0.15, 0.2) is 18.2 Å². The average molecular weight is 273 g/mol. The SMILES string of the molecule is CC(C)(C)N(C(=O)O)c1ccc(Cl)cc1[N+](=O)[O-]. The summed E-state index contributed by atoms with van der Waals surface area (Å²) in [4.78, 5) is 22.5. The zero-order valence-corrected chi connectivity index (χ0v) is 10.9. The first-order valence-corrected chi connectivity index (χ1v) is 5.49. The molecule has 6 nitrogen and oxygen atoms in total. The summed E-state index contributed by atoms with van der Waals surface area (Å²) in [6.45, 7) is 4.96. The van der Waals surface area contributed by atoms with Crippen LogP contribution in [-0.2, 0) is 0 Å². The molecule has 0 spiro atoms. The van der Waals surface area contributed by atoms with Gasteiger partial charge in [0.25, 0.3) is 5.69 Å². The molecule has 0 heterocycles. The second-order valence-electron chi connectivity index (χ2n) is 4.68. The highest BCUT2D eigenvalue weighted by Crippen LogP contribution is 2.34. The van der Waals surface area contributed by atoms with Crippen LogP contribution in [0.5, 0.6) is 0 Å². The third kappa shape index (κ3) is 2.89. The lowest BCUT2D eigenvalue weighted by atomic mass is 10.0. The maximum absolute atomic E-state index is 11.3. The van der Waals surface area contributed by atoms with Crippen LogP contribution < -0.4 is 4.90 Å². The number of nitro benzene ring substituents is 1. The summed E-state index contributed by atoms with van der Waals surface area (Å²) in [6.07, 6.45) is -1.26. The Morgan fingerprint density at radius 1 is 1.44 bits per heavy atom. The van der Waals surface area contributed by atoms with Crippen LogP contribution in [0.3, 0.4) is 0 Å². The smallest absolute Gasteiger partial charge is 0.412 e. The topological polar surface area (TPSA) is 83.7 Å². The first-order chi connectivity index (χ1) is 8.14. The molecule has 0 aromatic heterocycles. The molecule has 0 fully saturated rings. The van der Waals surface area contributed by atoms with Gasteiger partial charge in [0.05, 0.1) is 4.92 Å². The monoisotopic (exact) mass is 272 g/mol. The van der Waals surface area contributed by atoms with Gasteiger partial charge in [-0.25, -0.2) is 4.79 Å².